The standard InChI is InChI=1S/C19H31N/c1-13-6-8-17(9-7-13)19(20-5)12-18-15(3)10-14(2)11-16(18)4/h10-11,13,17,19-20H,6-9,12H2,1-5H3. The number of nitrogens with one attached hydrogen (secondary N) is 1. The Labute approximate surface area is 125 Å². The predicted octanol–water partition coefficient (Wildman–Crippen LogP) is 4.57. The lowest BCUT2D eigenvalue weighted by Crippen LogP contribution is -2.37. The molecule has 0 spiro atoms. The van der Waals surface area contributed by atoms with E-state index in [2.05, 4.69) is 52.2 Å². The summed E-state index contributed by atoms with van der Waals surface area (Å²) in [5.74, 6) is 1.79. The fourth-order valence-electron chi connectivity index (χ4n) is 3.94. The Hall–Kier alpha value is -0.820. The molecule has 0 aromatic heterocycles. The van der Waals surface area contributed by atoms with Crippen LogP contribution in [0.3, 0.4) is 0 Å². The van der Waals surface area contributed by atoms with Crippen LogP contribution >= 0.6 is 0 Å². The fourth-order valence-corrected chi connectivity index (χ4v) is 3.94. The van der Waals surface area contributed by atoms with Crippen LogP contribution in [-0.2, 0) is 6.42 Å². The van der Waals surface area contributed by atoms with Crippen LogP contribution in [-0.4, -0.2) is 13.1 Å². The topological polar surface area (TPSA) is 12.0 Å². The first-order valence-corrected chi connectivity index (χ1v) is 8.25. The second-order valence-electron chi connectivity index (χ2n) is 7.00. The Morgan fingerprint density at radius 1 is 1.05 bits per heavy atom. The van der Waals surface area contributed by atoms with E-state index in [4.69, 9.17) is 0 Å². The minimum atomic E-state index is 0.641. The van der Waals surface area contributed by atoms with Gasteiger partial charge in [-0.05, 0) is 75.6 Å². The van der Waals surface area contributed by atoms with Gasteiger partial charge in [-0.1, -0.05) is 37.5 Å². The molecule has 1 N–H and O–H groups in total. The van der Waals surface area contributed by atoms with Crippen molar-refractivity contribution >= 4 is 0 Å². The van der Waals surface area contributed by atoms with Crippen LogP contribution in [0.2, 0.25) is 0 Å². The lowest BCUT2D eigenvalue weighted by molar-refractivity contribution is 0.235. The highest BCUT2D eigenvalue weighted by Crippen LogP contribution is 2.32. The summed E-state index contributed by atoms with van der Waals surface area (Å²) in [6, 6.07) is 5.30. The third kappa shape index (κ3) is 3.63. The first-order chi connectivity index (χ1) is 9.51. The van der Waals surface area contributed by atoms with Crippen LogP contribution in [0.4, 0.5) is 0 Å². The summed E-state index contributed by atoms with van der Waals surface area (Å²) in [6.07, 6.45) is 6.81. The van der Waals surface area contributed by atoms with Crippen LogP contribution in [0.1, 0.15) is 54.9 Å². The van der Waals surface area contributed by atoms with E-state index < -0.39 is 0 Å². The molecule has 1 aliphatic carbocycles. The molecular formula is C19H31N. The van der Waals surface area contributed by atoms with Gasteiger partial charge in [0.1, 0.15) is 0 Å². The predicted molar refractivity (Wildman–Crippen MR) is 88.3 cm³/mol. The number of rotatable bonds is 4. The monoisotopic (exact) mass is 273 g/mol. The molecule has 0 radical (unpaired) electrons. The molecule has 1 fully saturated rings. The van der Waals surface area contributed by atoms with Crippen molar-refractivity contribution < 1.29 is 0 Å². The number of hydrogen-bond donors (Lipinski definition) is 1. The van der Waals surface area contributed by atoms with Gasteiger partial charge in [0.25, 0.3) is 0 Å². The Morgan fingerprint density at radius 2 is 1.60 bits per heavy atom. The molecule has 1 atom stereocenters. The maximum absolute atomic E-state index is 3.60. The molecule has 112 valence electrons. The minimum absolute atomic E-state index is 0.641. The molecule has 1 heteroatoms. The molecule has 0 aliphatic heterocycles. The summed E-state index contributed by atoms with van der Waals surface area (Å²) in [5, 5.41) is 3.60. The van der Waals surface area contributed by atoms with Crippen molar-refractivity contribution in [2.24, 2.45) is 11.8 Å². The van der Waals surface area contributed by atoms with Crippen molar-refractivity contribution in [1.29, 1.82) is 0 Å². The third-order valence-corrected chi connectivity index (χ3v) is 5.26. The van der Waals surface area contributed by atoms with E-state index in [-0.39, 0.29) is 0 Å². The highest BCUT2D eigenvalue weighted by molar-refractivity contribution is 5.38. The van der Waals surface area contributed by atoms with Gasteiger partial charge >= 0.3 is 0 Å². The Bertz CT molecular complexity index is 418. The lowest BCUT2D eigenvalue weighted by Gasteiger charge is -2.33. The highest BCUT2D eigenvalue weighted by Gasteiger charge is 2.25. The molecule has 1 aromatic rings. The SMILES string of the molecule is CNC(Cc1c(C)cc(C)cc1C)C1CCC(C)CC1. The van der Waals surface area contributed by atoms with Gasteiger partial charge in [-0.15, -0.1) is 0 Å². The summed E-state index contributed by atoms with van der Waals surface area (Å²) in [5.41, 5.74) is 5.88. The zero-order chi connectivity index (χ0) is 14.7. The van der Waals surface area contributed by atoms with Gasteiger partial charge < -0.3 is 5.32 Å². The second-order valence-corrected chi connectivity index (χ2v) is 7.00. The number of benzene rings is 1. The highest BCUT2D eigenvalue weighted by atomic mass is 14.9. The molecule has 1 nitrogen and oxygen atoms in total. The molecule has 2 rings (SSSR count). The van der Waals surface area contributed by atoms with Gasteiger partial charge in [-0.3, -0.25) is 0 Å². The number of hydrogen-bond acceptors (Lipinski definition) is 1. The van der Waals surface area contributed by atoms with E-state index in [0.29, 0.717) is 6.04 Å². The summed E-state index contributed by atoms with van der Waals surface area (Å²) in [6.45, 7) is 9.14. The third-order valence-electron chi connectivity index (χ3n) is 5.26. The number of aryl methyl sites for hydroxylation is 3. The van der Waals surface area contributed by atoms with Crippen molar-refractivity contribution in [3.8, 4) is 0 Å². The van der Waals surface area contributed by atoms with E-state index in [1.165, 1.54) is 48.8 Å². The van der Waals surface area contributed by atoms with Crippen molar-refractivity contribution in [3.63, 3.8) is 0 Å². The first kappa shape index (κ1) is 15.6. The molecular weight excluding hydrogens is 242 g/mol. The maximum atomic E-state index is 3.60. The molecule has 0 heterocycles. The van der Waals surface area contributed by atoms with Crippen molar-refractivity contribution in [3.05, 3.63) is 34.4 Å². The van der Waals surface area contributed by atoms with Crippen molar-refractivity contribution in [2.75, 3.05) is 7.05 Å². The molecule has 1 aromatic carbocycles. The Balaban J connectivity index is 2.10. The second kappa shape index (κ2) is 6.76. The normalized spacial score (nSPS) is 24.6. The van der Waals surface area contributed by atoms with E-state index >= 15 is 0 Å². The zero-order valence-electron chi connectivity index (χ0n) is 13.9. The van der Waals surface area contributed by atoms with Crippen LogP contribution < -0.4 is 5.32 Å². The van der Waals surface area contributed by atoms with Gasteiger partial charge in [-0.2, -0.15) is 0 Å². The maximum Gasteiger partial charge on any atom is 0.0133 e. The van der Waals surface area contributed by atoms with Crippen LogP contribution in [0.15, 0.2) is 12.1 Å². The van der Waals surface area contributed by atoms with E-state index in [1.807, 2.05) is 0 Å². The average Bonchev–Trinajstić information content (AvgIpc) is 2.39. The van der Waals surface area contributed by atoms with Crippen molar-refractivity contribution in [2.45, 2.75) is 65.8 Å². The smallest absolute Gasteiger partial charge is 0.0133 e. The van der Waals surface area contributed by atoms with E-state index in [0.717, 1.165) is 11.8 Å². The summed E-state index contributed by atoms with van der Waals surface area (Å²) < 4.78 is 0. The molecule has 1 aliphatic rings. The molecule has 1 unspecified atom stereocenters. The van der Waals surface area contributed by atoms with Crippen molar-refractivity contribution in [1.82, 2.24) is 5.32 Å². The molecule has 20 heavy (non-hydrogen) atoms. The summed E-state index contributed by atoms with van der Waals surface area (Å²) in [7, 11) is 2.14. The zero-order valence-corrected chi connectivity index (χ0v) is 13.9. The minimum Gasteiger partial charge on any atom is -0.316 e. The van der Waals surface area contributed by atoms with Crippen LogP contribution in [0.25, 0.3) is 0 Å². The van der Waals surface area contributed by atoms with Gasteiger partial charge in [-0.25, -0.2) is 0 Å². The average molecular weight is 273 g/mol. The van der Waals surface area contributed by atoms with Gasteiger partial charge in [0, 0.05) is 6.04 Å². The van der Waals surface area contributed by atoms with Gasteiger partial charge in [0.15, 0.2) is 0 Å². The lowest BCUT2D eigenvalue weighted by atomic mass is 9.77. The Morgan fingerprint density at radius 3 is 2.10 bits per heavy atom. The molecule has 0 saturated heterocycles. The van der Waals surface area contributed by atoms with Gasteiger partial charge in [0.05, 0.1) is 0 Å². The first-order valence-electron chi connectivity index (χ1n) is 8.25. The Kier molecular flexibility index (Phi) is 5.26. The van der Waals surface area contributed by atoms with Crippen LogP contribution in [0.5, 0.6) is 0 Å². The summed E-state index contributed by atoms with van der Waals surface area (Å²) in [4.78, 5) is 0. The molecule has 0 amide bonds. The van der Waals surface area contributed by atoms with Crippen LogP contribution in [0, 0.1) is 32.6 Å². The molecule has 1 saturated carbocycles. The summed E-state index contributed by atoms with van der Waals surface area (Å²) >= 11 is 0. The number of likely N-dealkylation sites (N-methyl/N-ethyl adjacent to an activating group) is 1. The van der Waals surface area contributed by atoms with Gasteiger partial charge in [0.2, 0.25) is 0 Å². The van der Waals surface area contributed by atoms with E-state index in [1.54, 1.807) is 5.56 Å². The quantitative estimate of drug-likeness (QED) is 0.847. The largest absolute Gasteiger partial charge is 0.316 e. The molecule has 0 bridgehead atoms. The fraction of sp³-hybridized carbons (Fsp3) is 0.684. The van der Waals surface area contributed by atoms with E-state index in [9.17, 15) is 0 Å².